The highest BCUT2D eigenvalue weighted by Crippen LogP contribution is 2.33. The van der Waals surface area contributed by atoms with E-state index in [0.29, 0.717) is 4.90 Å². The lowest BCUT2D eigenvalue weighted by molar-refractivity contribution is -0.142. The van der Waals surface area contributed by atoms with E-state index < -0.39 is 23.0 Å². The fraction of sp³-hybridized carbons (Fsp3) is 0.417. The molecule has 1 aromatic carbocycles. The summed E-state index contributed by atoms with van der Waals surface area (Å²) in [6.45, 7) is 3.54. The first-order valence-electron chi connectivity index (χ1n) is 5.35. The third-order valence-corrected chi connectivity index (χ3v) is 3.16. The van der Waals surface area contributed by atoms with Gasteiger partial charge in [0.2, 0.25) is 0 Å². The molecule has 0 fully saturated rings. The number of esters is 1. The lowest BCUT2D eigenvalue weighted by Gasteiger charge is -2.12. The minimum absolute atomic E-state index is 0.256. The number of thioether (sulfide) groups is 1. The predicted molar refractivity (Wildman–Crippen MR) is 63.4 cm³/mol. The molecule has 0 aliphatic carbocycles. The van der Waals surface area contributed by atoms with Crippen LogP contribution in [0.4, 0.5) is 13.2 Å². The second-order valence-corrected chi connectivity index (χ2v) is 4.95. The van der Waals surface area contributed by atoms with Crippen molar-refractivity contribution in [2.45, 2.75) is 30.2 Å². The summed E-state index contributed by atoms with van der Waals surface area (Å²) >= 11 is 1.05. The maximum Gasteiger partial charge on any atom is 0.416 e. The summed E-state index contributed by atoms with van der Waals surface area (Å²) in [5.41, 5.74) is -0.719. The summed E-state index contributed by atoms with van der Waals surface area (Å²) in [6, 6.07) is 4.89. The van der Waals surface area contributed by atoms with E-state index >= 15 is 0 Å². The zero-order valence-electron chi connectivity index (χ0n) is 9.95. The smallest absolute Gasteiger partial charge is 0.416 e. The van der Waals surface area contributed by atoms with Gasteiger partial charge < -0.3 is 4.74 Å². The summed E-state index contributed by atoms with van der Waals surface area (Å²) < 4.78 is 42.2. The standard InChI is InChI=1S/C12H13F3O2S/c1-3-17-11(16)8(2)18-10-6-4-5-9(7-10)12(13,14)15/h4-8H,3H2,1-2H3. The normalized spacial score (nSPS) is 13.2. The summed E-state index contributed by atoms with van der Waals surface area (Å²) in [5.74, 6) is -0.431. The second-order valence-electron chi connectivity index (χ2n) is 3.54. The fourth-order valence-electron chi connectivity index (χ4n) is 1.26. The third-order valence-electron chi connectivity index (χ3n) is 2.09. The zero-order valence-corrected chi connectivity index (χ0v) is 10.8. The van der Waals surface area contributed by atoms with Crippen LogP contribution in [0.3, 0.4) is 0 Å². The molecule has 0 saturated heterocycles. The molecule has 6 heteroatoms. The van der Waals surface area contributed by atoms with E-state index in [1.807, 2.05) is 0 Å². The van der Waals surface area contributed by atoms with Gasteiger partial charge in [-0.15, -0.1) is 11.8 Å². The van der Waals surface area contributed by atoms with Gasteiger partial charge >= 0.3 is 12.1 Å². The summed E-state index contributed by atoms with van der Waals surface area (Å²) in [4.78, 5) is 11.8. The van der Waals surface area contributed by atoms with Gasteiger partial charge in [-0.2, -0.15) is 13.2 Å². The number of ether oxygens (including phenoxy) is 1. The van der Waals surface area contributed by atoms with Gasteiger partial charge in [0, 0.05) is 4.90 Å². The molecule has 0 heterocycles. The lowest BCUT2D eigenvalue weighted by atomic mass is 10.2. The zero-order chi connectivity index (χ0) is 13.8. The molecule has 0 bridgehead atoms. The highest BCUT2D eigenvalue weighted by molar-refractivity contribution is 8.00. The summed E-state index contributed by atoms with van der Waals surface area (Å²) in [6.07, 6.45) is -4.37. The number of hydrogen-bond acceptors (Lipinski definition) is 3. The van der Waals surface area contributed by atoms with Crippen molar-refractivity contribution in [3.8, 4) is 0 Å². The Balaban J connectivity index is 2.76. The van der Waals surface area contributed by atoms with Crippen LogP contribution < -0.4 is 0 Å². The van der Waals surface area contributed by atoms with E-state index in [-0.39, 0.29) is 6.61 Å². The largest absolute Gasteiger partial charge is 0.465 e. The van der Waals surface area contributed by atoms with Crippen molar-refractivity contribution in [3.63, 3.8) is 0 Å². The Hall–Kier alpha value is -1.17. The molecular weight excluding hydrogens is 265 g/mol. The van der Waals surface area contributed by atoms with Crippen LogP contribution >= 0.6 is 11.8 Å². The molecule has 1 unspecified atom stereocenters. The molecule has 0 aromatic heterocycles. The van der Waals surface area contributed by atoms with Crippen molar-refractivity contribution in [2.24, 2.45) is 0 Å². The minimum Gasteiger partial charge on any atom is -0.465 e. The van der Waals surface area contributed by atoms with E-state index in [2.05, 4.69) is 0 Å². The number of alkyl halides is 3. The lowest BCUT2D eigenvalue weighted by Crippen LogP contribution is -2.16. The monoisotopic (exact) mass is 278 g/mol. The number of halogens is 3. The topological polar surface area (TPSA) is 26.3 Å². The molecule has 0 saturated carbocycles. The van der Waals surface area contributed by atoms with E-state index in [9.17, 15) is 18.0 Å². The van der Waals surface area contributed by atoms with Crippen molar-refractivity contribution in [1.82, 2.24) is 0 Å². The molecule has 1 atom stereocenters. The van der Waals surface area contributed by atoms with Gasteiger partial charge in [0.05, 0.1) is 12.2 Å². The highest BCUT2D eigenvalue weighted by atomic mass is 32.2. The van der Waals surface area contributed by atoms with Crippen LogP contribution in [0.1, 0.15) is 19.4 Å². The van der Waals surface area contributed by atoms with E-state index in [1.165, 1.54) is 12.1 Å². The predicted octanol–water partition coefficient (Wildman–Crippen LogP) is 3.75. The summed E-state index contributed by atoms with van der Waals surface area (Å²) in [5, 5.41) is -0.534. The van der Waals surface area contributed by atoms with Gasteiger partial charge in [-0.25, -0.2) is 0 Å². The van der Waals surface area contributed by atoms with Crippen molar-refractivity contribution < 1.29 is 22.7 Å². The molecule has 0 amide bonds. The van der Waals surface area contributed by atoms with Gasteiger partial charge in [0.1, 0.15) is 5.25 Å². The highest BCUT2D eigenvalue weighted by Gasteiger charge is 2.30. The number of benzene rings is 1. The van der Waals surface area contributed by atoms with E-state index in [0.717, 1.165) is 23.9 Å². The molecule has 0 aliphatic rings. The molecular formula is C12H13F3O2S. The maximum absolute atomic E-state index is 12.5. The van der Waals surface area contributed by atoms with Crippen LogP contribution in [0.2, 0.25) is 0 Å². The van der Waals surface area contributed by atoms with Gasteiger partial charge in [0.25, 0.3) is 0 Å². The number of hydrogen-bond donors (Lipinski definition) is 0. The fourth-order valence-corrected chi connectivity index (χ4v) is 2.18. The Labute approximate surface area is 108 Å². The third kappa shape index (κ3) is 4.25. The first-order chi connectivity index (χ1) is 8.34. The first-order valence-corrected chi connectivity index (χ1v) is 6.23. The van der Waals surface area contributed by atoms with Crippen molar-refractivity contribution >= 4 is 17.7 Å². The second kappa shape index (κ2) is 6.13. The van der Waals surface area contributed by atoms with E-state index in [1.54, 1.807) is 13.8 Å². The summed E-state index contributed by atoms with van der Waals surface area (Å²) in [7, 11) is 0. The first kappa shape index (κ1) is 14.9. The van der Waals surface area contributed by atoms with Gasteiger partial charge in [-0.1, -0.05) is 6.07 Å². The molecule has 0 aliphatic heterocycles. The van der Waals surface area contributed by atoms with Crippen molar-refractivity contribution in [2.75, 3.05) is 6.61 Å². The number of carbonyl (C=O) groups excluding carboxylic acids is 1. The van der Waals surface area contributed by atoms with Crippen LogP contribution in [-0.2, 0) is 15.7 Å². The Morgan fingerprint density at radius 3 is 2.67 bits per heavy atom. The van der Waals surface area contributed by atoms with Crippen LogP contribution in [0.5, 0.6) is 0 Å². The minimum atomic E-state index is -4.37. The van der Waals surface area contributed by atoms with Crippen LogP contribution in [-0.4, -0.2) is 17.8 Å². The van der Waals surface area contributed by atoms with Crippen LogP contribution in [0.15, 0.2) is 29.2 Å². The van der Waals surface area contributed by atoms with E-state index in [4.69, 9.17) is 4.74 Å². The molecule has 0 N–H and O–H groups in total. The SMILES string of the molecule is CCOC(=O)C(C)Sc1cccc(C(F)(F)F)c1. The van der Waals surface area contributed by atoms with Crippen LogP contribution in [0.25, 0.3) is 0 Å². The molecule has 0 radical (unpaired) electrons. The van der Waals surface area contributed by atoms with Gasteiger partial charge in [-0.05, 0) is 32.0 Å². The quantitative estimate of drug-likeness (QED) is 0.620. The maximum atomic E-state index is 12.5. The Bertz CT molecular complexity index is 418. The average Bonchev–Trinajstić information content (AvgIpc) is 2.28. The molecule has 1 aromatic rings. The molecule has 18 heavy (non-hydrogen) atoms. The Kier molecular flexibility index (Phi) is 5.07. The molecule has 1 rings (SSSR count). The Morgan fingerprint density at radius 1 is 1.44 bits per heavy atom. The van der Waals surface area contributed by atoms with Crippen molar-refractivity contribution in [1.29, 1.82) is 0 Å². The molecule has 2 nitrogen and oxygen atoms in total. The van der Waals surface area contributed by atoms with Crippen molar-refractivity contribution in [3.05, 3.63) is 29.8 Å². The molecule has 0 spiro atoms. The molecule has 100 valence electrons. The van der Waals surface area contributed by atoms with Crippen LogP contribution in [0, 0.1) is 0 Å². The number of rotatable bonds is 4. The average molecular weight is 278 g/mol. The number of carbonyl (C=O) groups is 1. The van der Waals surface area contributed by atoms with Gasteiger partial charge in [0.15, 0.2) is 0 Å². The van der Waals surface area contributed by atoms with Gasteiger partial charge in [-0.3, -0.25) is 4.79 Å². The Morgan fingerprint density at radius 2 is 2.11 bits per heavy atom.